The maximum atomic E-state index is 10.8. The van der Waals surface area contributed by atoms with Gasteiger partial charge in [0.25, 0.3) is 0 Å². The highest BCUT2D eigenvalue weighted by atomic mass is 32.2. The molecule has 1 aliphatic rings. The predicted molar refractivity (Wildman–Crippen MR) is 82.1 cm³/mol. The molecule has 0 radical (unpaired) electrons. The van der Waals surface area contributed by atoms with Crippen molar-refractivity contribution >= 4 is 11.8 Å². The Morgan fingerprint density at radius 2 is 1.64 bits per heavy atom. The van der Waals surface area contributed by atoms with E-state index in [-0.39, 0.29) is 0 Å². The number of thioether (sulfide) groups is 1. The lowest BCUT2D eigenvalue weighted by Crippen LogP contribution is -2.58. The molecule has 148 valence electrons. The molecular weight excluding hydrogens is 366 g/mol. The van der Waals surface area contributed by atoms with Gasteiger partial charge in [0.2, 0.25) is 6.54 Å². The van der Waals surface area contributed by atoms with E-state index in [4.69, 9.17) is 14.9 Å². The fraction of sp³-hybridized carbons (Fsp3) is 1.00. The van der Waals surface area contributed by atoms with Crippen molar-refractivity contribution in [2.45, 2.75) is 53.4 Å². The highest BCUT2D eigenvalue weighted by Gasteiger charge is 2.46. The molecule has 25 heavy (non-hydrogen) atoms. The van der Waals surface area contributed by atoms with Crippen molar-refractivity contribution in [2.24, 2.45) is 0 Å². The number of ether oxygens (including phenoxy) is 1. The first-order valence-corrected chi connectivity index (χ1v) is 8.31. The van der Waals surface area contributed by atoms with Crippen LogP contribution in [0.15, 0.2) is 0 Å². The van der Waals surface area contributed by atoms with Crippen LogP contribution < -0.4 is 0 Å². The molecule has 1 rings (SSSR count). The Kier molecular flexibility index (Phi) is 8.90. The summed E-state index contributed by atoms with van der Waals surface area (Å²) in [6, 6.07) is 0. The zero-order valence-electron chi connectivity index (χ0n) is 13.0. The minimum absolute atomic E-state index is 0.492. The van der Waals surface area contributed by atoms with Gasteiger partial charge in [0.1, 0.15) is 53.4 Å². The monoisotopic (exact) mass is 389 g/mol. The van der Waals surface area contributed by atoms with Crippen LogP contribution in [-0.4, -0.2) is 119 Å². The van der Waals surface area contributed by atoms with Gasteiger partial charge >= 0.3 is 0 Å². The maximum absolute atomic E-state index is 10.8. The quantitative estimate of drug-likeness (QED) is 0.138. The van der Waals surface area contributed by atoms with Crippen molar-refractivity contribution in [2.75, 3.05) is 19.8 Å². The molecule has 0 saturated carbocycles. The Hall–Kier alpha value is -0.610. The molecule has 8 N–H and O–H groups in total. The van der Waals surface area contributed by atoms with Crippen LogP contribution in [0.5, 0.6) is 0 Å². The van der Waals surface area contributed by atoms with Gasteiger partial charge in [-0.05, 0) is 0 Å². The smallest absolute Gasteiger partial charge is 0.218 e. The fourth-order valence-electron chi connectivity index (χ4n) is 2.29. The van der Waals surface area contributed by atoms with E-state index in [2.05, 4.69) is 0 Å². The van der Waals surface area contributed by atoms with Crippen LogP contribution in [-0.2, 0) is 4.74 Å². The van der Waals surface area contributed by atoms with Crippen LogP contribution in [0, 0.1) is 10.1 Å². The minimum Gasteiger partial charge on any atom is -0.394 e. The normalized spacial score (nSPS) is 35.0. The number of hydrogen-bond acceptors (Lipinski definition) is 12. The van der Waals surface area contributed by atoms with Crippen LogP contribution in [0.3, 0.4) is 0 Å². The van der Waals surface area contributed by atoms with Gasteiger partial charge in [-0.25, -0.2) is 0 Å². The standard InChI is InChI=1S/C12H23NO11S/c14-2-4(16)7(17)9(19)6(1-13(22)23)25-12-11(21)10(20)8(18)5(3-15)24-12/h4-12,14-21H,1-3H2/t4-,5-,6-,7-,8-,9-,10+,11-,12+/m1/s1. The van der Waals surface area contributed by atoms with Crippen molar-refractivity contribution in [1.29, 1.82) is 0 Å². The van der Waals surface area contributed by atoms with Gasteiger partial charge in [0.15, 0.2) is 0 Å². The topological polar surface area (TPSA) is 214 Å². The number of nitro groups is 1. The second kappa shape index (κ2) is 9.91. The summed E-state index contributed by atoms with van der Waals surface area (Å²) in [5.41, 5.74) is -1.37. The molecule has 1 heterocycles. The number of rotatable bonds is 9. The molecule has 0 bridgehead atoms. The third-order valence-corrected chi connectivity index (χ3v) is 5.23. The van der Waals surface area contributed by atoms with E-state index >= 15 is 0 Å². The molecular formula is C12H23NO11S. The van der Waals surface area contributed by atoms with E-state index in [0.717, 1.165) is 0 Å². The summed E-state index contributed by atoms with van der Waals surface area (Å²) in [6.45, 7) is -2.49. The van der Waals surface area contributed by atoms with Crippen LogP contribution in [0.4, 0.5) is 0 Å². The van der Waals surface area contributed by atoms with E-state index in [1.54, 1.807) is 0 Å². The molecule has 1 aliphatic heterocycles. The molecule has 0 aromatic rings. The summed E-state index contributed by atoms with van der Waals surface area (Å²) in [7, 11) is 0. The Morgan fingerprint density at radius 1 is 1.04 bits per heavy atom. The zero-order valence-corrected chi connectivity index (χ0v) is 13.8. The van der Waals surface area contributed by atoms with Gasteiger partial charge in [-0.1, -0.05) is 0 Å². The van der Waals surface area contributed by atoms with Gasteiger partial charge < -0.3 is 45.6 Å². The van der Waals surface area contributed by atoms with E-state index in [1.165, 1.54) is 0 Å². The van der Waals surface area contributed by atoms with Crippen molar-refractivity contribution in [1.82, 2.24) is 0 Å². The van der Waals surface area contributed by atoms with E-state index < -0.39 is 78.1 Å². The molecule has 0 spiro atoms. The van der Waals surface area contributed by atoms with Crippen molar-refractivity contribution in [3.8, 4) is 0 Å². The van der Waals surface area contributed by atoms with E-state index in [9.17, 15) is 40.8 Å². The number of aliphatic hydroxyl groups is 8. The van der Waals surface area contributed by atoms with E-state index in [0.29, 0.717) is 11.8 Å². The summed E-state index contributed by atoms with van der Waals surface area (Å²) in [4.78, 5) is 9.99. The maximum Gasteiger partial charge on any atom is 0.218 e. The molecule has 12 nitrogen and oxygen atoms in total. The lowest BCUT2D eigenvalue weighted by Gasteiger charge is -2.41. The fourth-order valence-corrected chi connectivity index (χ4v) is 3.69. The summed E-state index contributed by atoms with van der Waals surface area (Å²) < 4.78 is 5.19. The van der Waals surface area contributed by atoms with Gasteiger partial charge in [-0.3, -0.25) is 10.1 Å². The largest absolute Gasteiger partial charge is 0.394 e. The molecule has 0 aromatic heterocycles. The van der Waals surface area contributed by atoms with Crippen LogP contribution in [0.25, 0.3) is 0 Å². The Morgan fingerprint density at radius 3 is 2.12 bits per heavy atom. The molecule has 0 aliphatic carbocycles. The number of hydrogen-bond donors (Lipinski definition) is 8. The lowest BCUT2D eigenvalue weighted by molar-refractivity contribution is -0.481. The summed E-state index contributed by atoms with van der Waals surface area (Å²) >= 11 is 0.492. The first-order chi connectivity index (χ1) is 11.6. The average molecular weight is 389 g/mol. The van der Waals surface area contributed by atoms with Crippen LogP contribution in [0.1, 0.15) is 0 Å². The number of aliphatic hydroxyl groups excluding tert-OH is 8. The molecule has 9 atom stereocenters. The van der Waals surface area contributed by atoms with E-state index in [1.807, 2.05) is 0 Å². The second-order valence-electron chi connectivity index (χ2n) is 5.62. The minimum atomic E-state index is -1.91. The Balaban J connectivity index is 2.91. The molecule has 0 unspecified atom stereocenters. The lowest BCUT2D eigenvalue weighted by atomic mass is 10.0. The highest BCUT2D eigenvalue weighted by Crippen LogP contribution is 2.33. The molecule has 1 saturated heterocycles. The summed E-state index contributed by atoms with van der Waals surface area (Å²) in [5.74, 6) is 0. The first-order valence-electron chi connectivity index (χ1n) is 7.36. The molecule has 0 amide bonds. The van der Waals surface area contributed by atoms with Crippen LogP contribution >= 0.6 is 11.8 Å². The predicted octanol–water partition coefficient (Wildman–Crippen LogP) is -4.76. The van der Waals surface area contributed by atoms with Crippen molar-refractivity contribution in [3.63, 3.8) is 0 Å². The van der Waals surface area contributed by atoms with Gasteiger partial charge in [-0.15, -0.1) is 11.8 Å². The van der Waals surface area contributed by atoms with Gasteiger partial charge in [0, 0.05) is 4.92 Å². The van der Waals surface area contributed by atoms with Gasteiger partial charge in [0.05, 0.1) is 13.2 Å². The molecule has 1 fully saturated rings. The molecule has 0 aromatic carbocycles. The van der Waals surface area contributed by atoms with Crippen molar-refractivity contribution < 1.29 is 50.5 Å². The zero-order chi connectivity index (χ0) is 19.3. The number of nitrogens with zero attached hydrogens (tertiary/aromatic N) is 1. The molecule has 13 heteroatoms. The SMILES string of the molecule is O=[N+]([O-])C[C@@H](S[C@@H]1O[C@H](CO)[C@@H](O)[C@H](O)[C@H]1O)[C@@H](O)[C@H](O)[C@H](O)CO. The third kappa shape index (κ3) is 5.68. The van der Waals surface area contributed by atoms with Crippen LogP contribution in [0.2, 0.25) is 0 Å². The first kappa shape index (κ1) is 22.4. The van der Waals surface area contributed by atoms with Gasteiger partial charge in [-0.2, -0.15) is 0 Å². The second-order valence-corrected chi connectivity index (χ2v) is 6.96. The Bertz CT molecular complexity index is 428. The average Bonchev–Trinajstić information content (AvgIpc) is 2.58. The summed E-state index contributed by atoms with van der Waals surface area (Å²) in [6.07, 6.45) is -11.8. The third-order valence-electron chi connectivity index (χ3n) is 3.80. The summed E-state index contributed by atoms with van der Waals surface area (Å²) in [5, 5.41) is 85.8. The highest BCUT2D eigenvalue weighted by molar-refractivity contribution is 8.00. The van der Waals surface area contributed by atoms with Crippen molar-refractivity contribution in [3.05, 3.63) is 10.1 Å². The Labute approximate surface area is 146 Å².